The summed E-state index contributed by atoms with van der Waals surface area (Å²) in [7, 11) is 0. The number of halogens is 1. The standard InChI is InChI=1S/C12H13ClN2OS/c1-7-5-8(2)11-9(6-7)17-12(15-11)14-10(16)3-4-13/h5-6H,3-4H2,1-2H3,(H,14,15,16). The number of carbonyl (C=O) groups is 1. The van der Waals surface area contributed by atoms with Crippen LogP contribution in [0.25, 0.3) is 10.2 Å². The number of carbonyl (C=O) groups excluding carboxylic acids is 1. The van der Waals surface area contributed by atoms with Gasteiger partial charge >= 0.3 is 0 Å². The Kier molecular flexibility index (Phi) is 3.64. The number of anilines is 1. The number of aromatic nitrogens is 1. The van der Waals surface area contributed by atoms with E-state index < -0.39 is 0 Å². The van der Waals surface area contributed by atoms with Crippen LogP contribution in [0.4, 0.5) is 5.13 Å². The normalized spacial score (nSPS) is 10.8. The lowest BCUT2D eigenvalue weighted by Crippen LogP contribution is -2.11. The predicted octanol–water partition coefficient (Wildman–Crippen LogP) is 3.48. The number of fused-ring (bicyclic) bond motifs is 1. The minimum Gasteiger partial charge on any atom is -0.302 e. The second-order valence-corrected chi connectivity index (χ2v) is 5.34. The van der Waals surface area contributed by atoms with E-state index in [0.717, 1.165) is 15.8 Å². The highest BCUT2D eigenvalue weighted by molar-refractivity contribution is 7.22. The Morgan fingerprint density at radius 2 is 2.24 bits per heavy atom. The second-order valence-electron chi connectivity index (χ2n) is 3.93. The second kappa shape index (κ2) is 5.02. The summed E-state index contributed by atoms with van der Waals surface area (Å²) >= 11 is 7.00. The summed E-state index contributed by atoms with van der Waals surface area (Å²) in [4.78, 5) is 15.8. The van der Waals surface area contributed by atoms with E-state index in [9.17, 15) is 4.79 Å². The molecule has 1 heterocycles. The highest BCUT2D eigenvalue weighted by Crippen LogP contribution is 2.29. The number of nitrogens with zero attached hydrogens (tertiary/aromatic N) is 1. The fourth-order valence-electron chi connectivity index (χ4n) is 1.69. The maximum Gasteiger partial charge on any atom is 0.227 e. The van der Waals surface area contributed by atoms with Crippen LogP contribution in [-0.4, -0.2) is 16.8 Å². The summed E-state index contributed by atoms with van der Waals surface area (Å²) in [6.07, 6.45) is 0.315. The average molecular weight is 269 g/mol. The van der Waals surface area contributed by atoms with Gasteiger partial charge in [0.05, 0.1) is 10.2 Å². The first-order valence-corrected chi connectivity index (χ1v) is 6.69. The van der Waals surface area contributed by atoms with Crippen molar-refractivity contribution >= 4 is 44.2 Å². The average Bonchev–Trinajstić information content (AvgIpc) is 2.60. The molecule has 0 atom stereocenters. The number of hydrogen-bond acceptors (Lipinski definition) is 3. The van der Waals surface area contributed by atoms with Crippen LogP contribution in [-0.2, 0) is 4.79 Å². The van der Waals surface area contributed by atoms with Crippen LogP contribution in [0.15, 0.2) is 12.1 Å². The zero-order valence-corrected chi connectivity index (χ0v) is 11.3. The quantitative estimate of drug-likeness (QED) is 0.866. The highest BCUT2D eigenvalue weighted by atomic mass is 35.5. The number of thiazole rings is 1. The third kappa shape index (κ3) is 2.76. The molecule has 3 nitrogen and oxygen atoms in total. The Morgan fingerprint density at radius 1 is 1.47 bits per heavy atom. The van der Waals surface area contributed by atoms with Gasteiger partial charge in [-0.1, -0.05) is 17.4 Å². The Hall–Kier alpha value is -1.13. The third-order valence-corrected chi connectivity index (χ3v) is 3.50. The van der Waals surface area contributed by atoms with Crippen molar-refractivity contribution in [1.82, 2.24) is 4.98 Å². The number of benzene rings is 1. The SMILES string of the molecule is Cc1cc(C)c2nc(NC(=O)CCCl)sc2c1. The van der Waals surface area contributed by atoms with E-state index >= 15 is 0 Å². The van der Waals surface area contributed by atoms with Crippen molar-refractivity contribution in [3.63, 3.8) is 0 Å². The van der Waals surface area contributed by atoms with E-state index in [0.29, 0.717) is 17.4 Å². The molecule has 0 fully saturated rings. The molecule has 0 aliphatic heterocycles. The molecule has 0 radical (unpaired) electrons. The first kappa shape index (κ1) is 12.3. The number of amides is 1. The minimum absolute atomic E-state index is 0.0894. The largest absolute Gasteiger partial charge is 0.302 e. The maximum atomic E-state index is 11.4. The topological polar surface area (TPSA) is 42.0 Å². The van der Waals surface area contributed by atoms with Gasteiger partial charge in [0.25, 0.3) is 0 Å². The van der Waals surface area contributed by atoms with E-state index in [1.807, 2.05) is 6.92 Å². The molecule has 1 aromatic heterocycles. The summed E-state index contributed by atoms with van der Waals surface area (Å²) in [6, 6.07) is 4.17. The molecule has 90 valence electrons. The molecule has 0 aliphatic rings. The van der Waals surface area contributed by atoms with Crippen LogP contribution in [0.2, 0.25) is 0 Å². The van der Waals surface area contributed by atoms with Crippen molar-refractivity contribution in [3.05, 3.63) is 23.3 Å². The van der Waals surface area contributed by atoms with Crippen LogP contribution >= 0.6 is 22.9 Å². The molecule has 2 aromatic rings. The van der Waals surface area contributed by atoms with E-state index in [1.54, 1.807) is 0 Å². The minimum atomic E-state index is -0.0894. The van der Waals surface area contributed by atoms with Gasteiger partial charge in [-0.25, -0.2) is 4.98 Å². The van der Waals surface area contributed by atoms with Gasteiger partial charge in [0.15, 0.2) is 5.13 Å². The summed E-state index contributed by atoms with van der Waals surface area (Å²) < 4.78 is 1.10. The van der Waals surface area contributed by atoms with Crippen molar-refractivity contribution in [2.24, 2.45) is 0 Å². The Morgan fingerprint density at radius 3 is 2.94 bits per heavy atom. The molecule has 2 rings (SSSR count). The lowest BCUT2D eigenvalue weighted by Gasteiger charge is -1.97. The number of hydrogen-bond donors (Lipinski definition) is 1. The lowest BCUT2D eigenvalue weighted by atomic mass is 10.1. The van der Waals surface area contributed by atoms with Gasteiger partial charge in [0.2, 0.25) is 5.91 Å². The van der Waals surface area contributed by atoms with E-state index in [4.69, 9.17) is 11.6 Å². The molecular formula is C12H13ClN2OS. The van der Waals surface area contributed by atoms with Crippen LogP contribution in [0.3, 0.4) is 0 Å². The van der Waals surface area contributed by atoms with Crippen molar-refractivity contribution in [2.75, 3.05) is 11.2 Å². The molecule has 0 saturated heterocycles. The highest BCUT2D eigenvalue weighted by Gasteiger charge is 2.09. The molecule has 0 unspecified atom stereocenters. The Bertz CT molecular complexity index is 565. The van der Waals surface area contributed by atoms with Crippen molar-refractivity contribution in [2.45, 2.75) is 20.3 Å². The van der Waals surface area contributed by atoms with Gasteiger partial charge in [-0.2, -0.15) is 0 Å². The summed E-state index contributed by atoms with van der Waals surface area (Å²) in [6.45, 7) is 4.08. The molecule has 0 bridgehead atoms. The molecule has 1 aromatic carbocycles. The van der Waals surface area contributed by atoms with E-state index in [2.05, 4.69) is 29.4 Å². The molecule has 5 heteroatoms. The van der Waals surface area contributed by atoms with E-state index in [-0.39, 0.29) is 5.91 Å². The zero-order chi connectivity index (χ0) is 12.4. The number of alkyl halides is 1. The fourth-order valence-corrected chi connectivity index (χ4v) is 2.92. The first-order valence-electron chi connectivity index (χ1n) is 5.34. The van der Waals surface area contributed by atoms with Crippen LogP contribution in [0, 0.1) is 13.8 Å². The van der Waals surface area contributed by atoms with Crippen molar-refractivity contribution < 1.29 is 4.79 Å². The summed E-state index contributed by atoms with van der Waals surface area (Å²) in [5, 5.41) is 3.41. The fraction of sp³-hybridized carbons (Fsp3) is 0.333. The van der Waals surface area contributed by atoms with Crippen LogP contribution in [0.1, 0.15) is 17.5 Å². The summed E-state index contributed by atoms with van der Waals surface area (Å²) in [5.74, 6) is 0.239. The van der Waals surface area contributed by atoms with E-state index in [1.165, 1.54) is 16.9 Å². The predicted molar refractivity (Wildman–Crippen MR) is 73.1 cm³/mol. The van der Waals surface area contributed by atoms with Gasteiger partial charge in [-0.15, -0.1) is 11.6 Å². The molecule has 17 heavy (non-hydrogen) atoms. The monoisotopic (exact) mass is 268 g/mol. The molecule has 0 aliphatic carbocycles. The van der Waals surface area contributed by atoms with Crippen LogP contribution in [0.5, 0.6) is 0 Å². The molecule has 0 spiro atoms. The summed E-state index contributed by atoms with van der Waals surface area (Å²) in [5.41, 5.74) is 3.30. The first-order chi connectivity index (χ1) is 8.10. The van der Waals surface area contributed by atoms with Crippen molar-refractivity contribution in [3.8, 4) is 0 Å². The molecule has 1 amide bonds. The third-order valence-electron chi connectivity index (χ3n) is 2.40. The maximum absolute atomic E-state index is 11.4. The van der Waals surface area contributed by atoms with Gasteiger partial charge in [-0.05, 0) is 31.0 Å². The molecule has 1 N–H and O–H groups in total. The van der Waals surface area contributed by atoms with Gasteiger partial charge in [0, 0.05) is 12.3 Å². The Balaban J connectivity index is 2.32. The van der Waals surface area contributed by atoms with Gasteiger partial charge < -0.3 is 5.32 Å². The van der Waals surface area contributed by atoms with Gasteiger partial charge in [0.1, 0.15) is 0 Å². The Labute approximate surface area is 109 Å². The molecule has 0 saturated carbocycles. The van der Waals surface area contributed by atoms with Crippen LogP contribution < -0.4 is 5.32 Å². The van der Waals surface area contributed by atoms with Crippen molar-refractivity contribution in [1.29, 1.82) is 0 Å². The van der Waals surface area contributed by atoms with Gasteiger partial charge in [-0.3, -0.25) is 4.79 Å². The number of rotatable bonds is 3. The molecular weight excluding hydrogens is 256 g/mol. The smallest absolute Gasteiger partial charge is 0.227 e. The lowest BCUT2D eigenvalue weighted by molar-refractivity contribution is -0.115. The zero-order valence-electron chi connectivity index (χ0n) is 9.71. The number of aryl methyl sites for hydroxylation is 2. The number of nitrogens with one attached hydrogen (secondary N) is 1.